The average molecular weight is 345 g/mol. The number of hydrogen-bond donors (Lipinski definition) is 2. The molecule has 0 bridgehead atoms. The van der Waals surface area contributed by atoms with Gasteiger partial charge in [0.05, 0.1) is 0 Å². The van der Waals surface area contributed by atoms with Crippen molar-refractivity contribution in [2.45, 2.75) is 25.7 Å². The van der Waals surface area contributed by atoms with Crippen molar-refractivity contribution in [3.05, 3.63) is 35.4 Å². The largest absolute Gasteiger partial charge is 0.352 e. The maximum absolute atomic E-state index is 11.9. The van der Waals surface area contributed by atoms with Crippen molar-refractivity contribution in [1.29, 1.82) is 0 Å². The van der Waals surface area contributed by atoms with Crippen molar-refractivity contribution in [2.75, 3.05) is 24.8 Å². The van der Waals surface area contributed by atoms with Crippen molar-refractivity contribution in [1.82, 2.24) is 10.6 Å². The zero-order chi connectivity index (χ0) is 16.2. The summed E-state index contributed by atoms with van der Waals surface area (Å²) in [4.78, 5) is 23.8. The van der Waals surface area contributed by atoms with E-state index in [9.17, 15) is 9.59 Å². The van der Waals surface area contributed by atoms with Gasteiger partial charge >= 0.3 is 0 Å². The Morgan fingerprint density at radius 1 is 0.727 bits per heavy atom. The first kappa shape index (κ1) is 18.8. The van der Waals surface area contributed by atoms with Crippen LogP contribution in [-0.4, -0.2) is 36.7 Å². The molecule has 1 aromatic carbocycles. The topological polar surface area (TPSA) is 58.2 Å². The van der Waals surface area contributed by atoms with E-state index in [4.69, 9.17) is 23.2 Å². The molecule has 1 rings (SSSR count). The Balaban J connectivity index is 2.41. The number of carbonyl (C=O) groups excluding carboxylic acids is 2. The molecule has 1 aromatic rings. The van der Waals surface area contributed by atoms with Gasteiger partial charge in [-0.1, -0.05) is 0 Å². The Bertz CT molecular complexity index is 421. The summed E-state index contributed by atoms with van der Waals surface area (Å²) in [5, 5.41) is 5.64. The fourth-order valence-electron chi connectivity index (χ4n) is 1.82. The fraction of sp³-hybridized carbons (Fsp3) is 0.500. The monoisotopic (exact) mass is 344 g/mol. The average Bonchev–Trinajstić information content (AvgIpc) is 2.55. The summed E-state index contributed by atoms with van der Waals surface area (Å²) in [6, 6.07) is 6.63. The number of unbranched alkanes of at least 4 members (excludes halogenated alkanes) is 2. The zero-order valence-electron chi connectivity index (χ0n) is 12.5. The standard InChI is InChI=1S/C16H22Cl2N2O2/c17-9-1-3-11-19-15(21)13-5-7-14(8-6-13)16(22)20-12-4-2-10-18/h5-8H,1-4,9-12H2,(H,19,21)(H,20,22). The Kier molecular flexibility index (Phi) is 9.67. The van der Waals surface area contributed by atoms with Gasteiger partial charge in [-0.05, 0) is 49.9 Å². The minimum absolute atomic E-state index is 0.136. The van der Waals surface area contributed by atoms with Gasteiger partial charge in [-0.15, -0.1) is 23.2 Å². The number of alkyl halides is 2. The van der Waals surface area contributed by atoms with Gasteiger partial charge < -0.3 is 10.6 Å². The van der Waals surface area contributed by atoms with Gasteiger partial charge in [0, 0.05) is 36.0 Å². The van der Waals surface area contributed by atoms with E-state index in [-0.39, 0.29) is 11.8 Å². The van der Waals surface area contributed by atoms with Crippen LogP contribution >= 0.6 is 23.2 Å². The molecule has 0 aromatic heterocycles. The smallest absolute Gasteiger partial charge is 0.251 e. The number of rotatable bonds is 10. The minimum atomic E-state index is -0.136. The van der Waals surface area contributed by atoms with Crippen molar-refractivity contribution < 1.29 is 9.59 Å². The van der Waals surface area contributed by atoms with Crippen LogP contribution in [0, 0.1) is 0 Å². The van der Waals surface area contributed by atoms with E-state index in [1.807, 2.05) is 0 Å². The number of amides is 2. The lowest BCUT2D eigenvalue weighted by Gasteiger charge is -2.07. The number of hydrogen-bond acceptors (Lipinski definition) is 2. The van der Waals surface area contributed by atoms with Gasteiger partial charge in [0.15, 0.2) is 0 Å². The molecule has 0 radical (unpaired) electrons. The third kappa shape index (κ3) is 7.14. The molecule has 6 heteroatoms. The predicted octanol–water partition coefficient (Wildman–Crippen LogP) is 3.18. The molecule has 122 valence electrons. The van der Waals surface area contributed by atoms with Gasteiger partial charge in [0.25, 0.3) is 11.8 Å². The first-order chi connectivity index (χ1) is 10.7. The van der Waals surface area contributed by atoms with Crippen LogP contribution in [0.3, 0.4) is 0 Å². The quantitative estimate of drug-likeness (QED) is 0.505. The van der Waals surface area contributed by atoms with E-state index in [2.05, 4.69) is 10.6 Å². The second-order valence-corrected chi connectivity index (χ2v) is 5.64. The van der Waals surface area contributed by atoms with Crippen molar-refractivity contribution in [3.63, 3.8) is 0 Å². The van der Waals surface area contributed by atoms with Crippen LogP contribution < -0.4 is 10.6 Å². The summed E-state index contributed by atoms with van der Waals surface area (Å²) in [6.07, 6.45) is 3.48. The summed E-state index contributed by atoms with van der Waals surface area (Å²) in [5.74, 6) is 0.932. The molecule has 4 nitrogen and oxygen atoms in total. The molecule has 0 saturated heterocycles. The normalized spacial score (nSPS) is 10.3. The third-order valence-electron chi connectivity index (χ3n) is 3.10. The van der Waals surface area contributed by atoms with E-state index in [0.717, 1.165) is 25.7 Å². The molecule has 0 atom stereocenters. The lowest BCUT2D eigenvalue weighted by atomic mass is 10.1. The predicted molar refractivity (Wildman–Crippen MR) is 91.0 cm³/mol. The lowest BCUT2D eigenvalue weighted by Crippen LogP contribution is -2.26. The van der Waals surface area contributed by atoms with Gasteiger partial charge in [-0.2, -0.15) is 0 Å². The minimum Gasteiger partial charge on any atom is -0.352 e. The molecule has 0 saturated carbocycles. The van der Waals surface area contributed by atoms with E-state index >= 15 is 0 Å². The zero-order valence-corrected chi connectivity index (χ0v) is 14.1. The maximum atomic E-state index is 11.9. The number of benzene rings is 1. The SMILES string of the molecule is O=C(NCCCCCl)c1ccc(C(=O)NCCCCCl)cc1. The van der Waals surface area contributed by atoms with Crippen LogP contribution in [0.15, 0.2) is 24.3 Å². The molecule has 0 aliphatic carbocycles. The fourth-order valence-corrected chi connectivity index (χ4v) is 2.20. The first-order valence-corrected chi connectivity index (χ1v) is 8.54. The van der Waals surface area contributed by atoms with Crippen LogP contribution in [0.25, 0.3) is 0 Å². The second kappa shape index (κ2) is 11.3. The molecular formula is C16H22Cl2N2O2. The Labute approximate surface area is 141 Å². The molecule has 2 amide bonds. The van der Waals surface area contributed by atoms with E-state index in [1.54, 1.807) is 24.3 Å². The van der Waals surface area contributed by atoms with Crippen LogP contribution in [0.5, 0.6) is 0 Å². The van der Waals surface area contributed by atoms with Crippen molar-refractivity contribution >= 4 is 35.0 Å². The second-order valence-electron chi connectivity index (χ2n) is 4.88. The summed E-state index contributed by atoms with van der Waals surface area (Å²) < 4.78 is 0. The van der Waals surface area contributed by atoms with Crippen LogP contribution in [0.2, 0.25) is 0 Å². The highest BCUT2D eigenvalue weighted by Crippen LogP contribution is 2.05. The summed E-state index contributed by atoms with van der Waals surface area (Å²) >= 11 is 11.2. The molecule has 22 heavy (non-hydrogen) atoms. The maximum Gasteiger partial charge on any atom is 0.251 e. The number of carbonyl (C=O) groups is 2. The molecule has 0 aliphatic heterocycles. The number of halogens is 2. The highest BCUT2D eigenvalue weighted by molar-refractivity contribution is 6.18. The Hall–Kier alpha value is -1.26. The molecule has 0 spiro atoms. The molecule has 0 unspecified atom stereocenters. The van der Waals surface area contributed by atoms with E-state index in [0.29, 0.717) is 36.0 Å². The van der Waals surface area contributed by atoms with Crippen molar-refractivity contribution in [3.8, 4) is 0 Å². The van der Waals surface area contributed by atoms with Crippen LogP contribution in [0.4, 0.5) is 0 Å². The lowest BCUT2D eigenvalue weighted by molar-refractivity contribution is 0.0941. The Morgan fingerprint density at radius 3 is 1.41 bits per heavy atom. The van der Waals surface area contributed by atoms with Gasteiger partial charge in [-0.3, -0.25) is 9.59 Å². The first-order valence-electron chi connectivity index (χ1n) is 7.47. The molecule has 0 fully saturated rings. The van der Waals surface area contributed by atoms with Gasteiger partial charge in [0.1, 0.15) is 0 Å². The summed E-state index contributed by atoms with van der Waals surface area (Å²) in [7, 11) is 0. The molecule has 2 N–H and O–H groups in total. The van der Waals surface area contributed by atoms with E-state index in [1.165, 1.54) is 0 Å². The van der Waals surface area contributed by atoms with E-state index < -0.39 is 0 Å². The van der Waals surface area contributed by atoms with Gasteiger partial charge in [0.2, 0.25) is 0 Å². The highest BCUT2D eigenvalue weighted by Gasteiger charge is 2.08. The van der Waals surface area contributed by atoms with Crippen LogP contribution in [-0.2, 0) is 0 Å². The van der Waals surface area contributed by atoms with Crippen LogP contribution in [0.1, 0.15) is 46.4 Å². The number of nitrogens with one attached hydrogen (secondary N) is 2. The molecule has 0 heterocycles. The molecular weight excluding hydrogens is 323 g/mol. The molecule has 0 aliphatic rings. The van der Waals surface area contributed by atoms with Gasteiger partial charge in [-0.25, -0.2) is 0 Å². The Morgan fingerprint density at radius 2 is 1.09 bits per heavy atom. The highest BCUT2D eigenvalue weighted by atomic mass is 35.5. The van der Waals surface area contributed by atoms with Crippen molar-refractivity contribution in [2.24, 2.45) is 0 Å². The summed E-state index contributed by atoms with van der Waals surface area (Å²) in [6.45, 7) is 1.21. The third-order valence-corrected chi connectivity index (χ3v) is 3.64. The summed E-state index contributed by atoms with van der Waals surface area (Å²) in [5.41, 5.74) is 1.09.